The SMILES string of the molecule is [C-]#[N+]c1ccc2c(c1)oc1c(-c3cc([Si](C)(C)C)c4cc(C5CCCC5)ccc4[n+]3C)c(C)c(C)cc12. The van der Waals surface area contributed by atoms with E-state index in [-0.39, 0.29) is 0 Å². The number of hydrogen-bond acceptors (Lipinski definition) is 1. The molecule has 0 spiro atoms. The summed E-state index contributed by atoms with van der Waals surface area (Å²) in [6, 6.07) is 17.7. The predicted molar refractivity (Wildman–Crippen MR) is 158 cm³/mol. The summed E-state index contributed by atoms with van der Waals surface area (Å²) in [4.78, 5) is 3.62. The summed E-state index contributed by atoms with van der Waals surface area (Å²) >= 11 is 0. The van der Waals surface area contributed by atoms with Crippen LogP contribution in [-0.2, 0) is 7.05 Å². The fraction of sp³-hybridized carbons (Fsp3) is 0.333. The van der Waals surface area contributed by atoms with Crippen molar-refractivity contribution >= 4 is 51.8 Å². The summed E-state index contributed by atoms with van der Waals surface area (Å²) in [7, 11) is 0.535. The van der Waals surface area contributed by atoms with Crippen molar-refractivity contribution in [1.29, 1.82) is 0 Å². The molecule has 2 heterocycles. The van der Waals surface area contributed by atoms with Crippen LogP contribution in [0, 0.1) is 20.4 Å². The van der Waals surface area contributed by atoms with Gasteiger partial charge >= 0.3 is 0 Å². The van der Waals surface area contributed by atoms with E-state index in [0.717, 1.165) is 21.9 Å². The standard InChI is InChI=1S/C33H35N2OSi/c1-20-16-26-25-14-13-24(34-3)18-30(25)36-33(26)32(21(20)2)29-19-31(37(5,6)7)27-17-23(22-10-8-9-11-22)12-15-28(27)35(29)4/h12-19,22H,8-11H2,1-2,4-7H3/q+1. The van der Waals surface area contributed by atoms with Gasteiger partial charge in [0.2, 0.25) is 11.2 Å². The molecule has 5 aromatic rings. The number of hydrogen-bond donors (Lipinski definition) is 0. The maximum Gasteiger partial charge on any atom is 0.216 e. The first-order valence-electron chi connectivity index (χ1n) is 13.5. The summed E-state index contributed by atoms with van der Waals surface area (Å²) in [6.45, 7) is 19.2. The lowest BCUT2D eigenvalue weighted by atomic mass is 9.94. The number of furan rings is 1. The van der Waals surface area contributed by atoms with Gasteiger partial charge in [0, 0.05) is 28.3 Å². The normalized spacial score (nSPS) is 14.7. The molecule has 3 nitrogen and oxygen atoms in total. The summed E-state index contributed by atoms with van der Waals surface area (Å²) in [5.41, 5.74) is 9.98. The van der Waals surface area contributed by atoms with E-state index in [0.29, 0.717) is 11.6 Å². The fourth-order valence-corrected chi connectivity index (χ4v) is 7.96. The summed E-state index contributed by atoms with van der Waals surface area (Å²) in [5, 5.41) is 5.12. The van der Waals surface area contributed by atoms with Crippen LogP contribution in [0.1, 0.15) is 48.3 Å². The molecular weight excluding hydrogens is 468 g/mol. The van der Waals surface area contributed by atoms with Crippen molar-refractivity contribution in [3.63, 3.8) is 0 Å². The molecule has 0 amide bonds. The Morgan fingerprint density at radius 1 is 0.919 bits per heavy atom. The number of benzene rings is 3. The van der Waals surface area contributed by atoms with E-state index in [1.165, 1.54) is 69.7 Å². The van der Waals surface area contributed by atoms with Crippen LogP contribution in [0.4, 0.5) is 5.69 Å². The van der Waals surface area contributed by atoms with E-state index in [1.807, 2.05) is 18.2 Å². The van der Waals surface area contributed by atoms with Crippen LogP contribution < -0.4 is 9.75 Å². The lowest BCUT2D eigenvalue weighted by Crippen LogP contribution is -2.43. The Labute approximate surface area is 220 Å². The molecule has 2 aromatic heterocycles. The molecule has 0 bridgehead atoms. The van der Waals surface area contributed by atoms with Gasteiger partial charge in [-0.3, -0.25) is 0 Å². The average molecular weight is 504 g/mol. The van der Waals surface area contributed by atoms with Crippen LogP contribution in [0.3, 0.4) is 0 Å². The topological polar surface area (TPSA) is 21.4 Å². The lowest BCUT2D eigenvalue weighted by Gasteiger charge is -2.21. The number of rotatable bonds is 3. The maximum absolute atomic E-state index is 7.44. The van der Waals surface area contributed by atoms with Crippen LogP contribution in [0.2, 0.25) is 19.6 Å². The van der Waals surface area contributed by atoms with Crippen molar-refractivity contribution in [3.05, 3.63) is 76.6 Å². The second kappa shape index (κ2) is 8.57. The van der Waals surface area contributed by atoms with Gasteiger partial charge in [-0.15, -0.1) is 0 Å². The van der Waals surface area contributed by atoms with Gasteiger partial charge < -0.3 is 4.42 Å². The zero-order chi connectivity index (χ0) is 26.1. The van der Waals surface area contributed by atoms with Crippen molar-refractivity contribution < 1.29 is 8.98 Å². The molecule has 0 N–H and O–H groups in total. The first-order valence-corrected chi connectivity index (χ1v) is 17.0. The van der Waals surface area contributed by atoms with E-state index < -0.39 is 8.07 Å². The van der Waals surface area contributed by atoms with Gasteiger partial charge in [-0.25, -0.2) is 4.85 Å². The molecule has 1 aliphatic carbocycles. The molecule has 4 heteroatoms. The number of aromatic nitrogens is 1. The highest BCUT2D eigenvalue weighted by molar-refractivity contribution is 6.90. The molecule has 0 saturated heterocycles. The van der Waals surface area contributed by atoms with Gasteiger partial charge in [-0.2, -0.15) is 4.57 Å². The Bertz CT molecular complexity index is 1760. The van der Waals surface area contributed by atoms with Gasteiger partial charge in [0.05, 0.1) is 20.2 Å². The van der Waals surface area contributed by atoms with Crippen LogP contribution in [0.5, 0.6) is 0 Å². The largest absolute Gasteiger partial charge is 0.456 e. The summed E-state index contributed by atoms with van der Waals surface area (Å²) in [5.74, 6) is 0.707. The van der Waals surface area contributed by atoms with Crippen LogP contribution in [-0.4, -0.2) is 8.07 Å². The summed E-state index contributed by atoms with van der Waals surface area (Å²) in [6.07, 6.45) is 5.35. The van der Waals surface area contributed by atoms with Crippen LogP contribution >= 0.6 is 0 Å². The minimum absolute atomic E-state index is 0.608. The van der Waals surface area contributed by atoms with E-state index in [1.54, 1.807) is 0 Å². The van der Waals surface area contributed by atoms with Gasteiger partial charge in [-0.05, 0) is 72.7 Å². The molecule has 1 fully saturated rings. The van der Waals surface area contributed by atoms with Crippen LogP contribution in [0.25, 0.3) is 48.9 Å². The van der Waals surface area contributed by atoms with Gasteiger partial charge in [0.1, 0.15) is 18.2 Å². The maximum atomic E-state index is 7.44. The Morgan fingerprint density at radius 2 is 1.68 bits per heavy atom. The number of pyridine rings is 1. The third-order valence-corrected chi connectivity index (χ3v) is 10.6. The third kappa shape index (κ3) is 3.80. The zero-order valence-electron chi connectivity index (χ0n) is 22.8. The Morgan fingerprint density at radius 3 is 2.38 bits per heavy atom. The molecule has 3 aromatic carbocycles. The minimum atomic E-state index is -1.67. The van der Waals surface area contributed by atoms with E-state index in [4.69, 9.17) is 11.0 Å². The monoisotopic (exact) mass is 503 g/mol. The molecule has 1 aliphatic rings. The molecular formula is C33H35N2OSi+. The van der Waals surface area contributed by atoms with Gasteiger partial charge in [0.25, 0.3) is 0 Å². The molecule has 0 atom stereocenters. The second-order valence-electron chi connectivity index (χ2n) is 12.0. The second-order valence-corrected chi connectivity index (χ2v) is 17.0. The molecule has 1 saturated carbocycles. The Balaban J connectivity index is 1.69. The number of nitrogens with zero attached hydrogens (tertiary/aromatic N) is 2. The highest BCUT2D eigenvalue weighted by Gasteiger charge is 2.30. The highest BCUT2D eigenvalue weighted by Crippen LogP contribution is 2.40. The number of fused-ring (bicyclic) bond motifs is 4. The lowest BCUT2D eigenvalue weighted by molar-refractivity contribution is -0.633. The van der Waals surface area contributed by atoms with Crippen LogP contribution in [0.15, 0.2) is 52.9 Å². The van der Waals surface area contributed by atoms with Crippen molar-refractivity contribution in [2.24, 2.45) is 7.05 Å². The smallest absolute Gasteiger partial charge is 0.216 e. The van der Waals surface area contributed by atoms with E-state index in [9.17, 15) is 0 Å². The highest BCUT2D eigenvalue weighted by atomic mass is 28.3. The molecule has 0 aliphatic heterocycles. The minimum Gasteiger partial charge on any atom is -0.456 e. The average Bonchev–Trinajstić information content (AvgIpc) is 3.53. The predicted octanol–water partition coefficient (Wildman–Crippen LogP) is 8.60. The van der Waals surface area contributed by atoms with Gasteiger partial charge in [-0.1, -0.05) is 50.7 Å². The van der Waals surface area contributed by atoms with Gasteiger partial charge in [0.15, 0.2) is 5.69 Å². The zero-order valence-corrected chi connectivity index (χ0v) is 23.8. The Hall–Kier alpha value is -3.42. The quantitative estimate of drug-likeness (QED) is 0.137. The summed E-state index contributed by atoms with van der Waals surface area (Å²) < 4.78 is 8.92. The molecule has 0 unspecified atom stereocenters. The van der Waals surface area contributed by atoms with Crippen molar-refractivity contribution in [1.82, 2.24) is 0 Å². The van der Waals surface area contributed by atoms with Crippen molar-refractivity contribution in [3.8, 4) is 11.3 Å². The molecule has 186 valence electrons. The third-order valence-electron chi connectivity index (χ3n) is 8.60. The fourth-order valence-electron chi connectivity index (χ4n) is 6.38. The molecule has 6 rings (SSSR count). The first-order chi connectivity index (χ1) is 17.7. The van der Waals surface area contributed by atoms with E-state index in [2.05, 4.69) is 80.3 Å². The van der Waals surface area contributed by atoms with E-state index >= 15 is 0 Å². The first kappa shape index (κ1) is 23.9. The Kier molecular flexibility index (Phi) is 5.54. The number of aryl methyl sites for hydroxylation is 2. The van der Waals surface area contributed by atoms with Crippen molar-refractivity contribution in [2.75, 3.05) is 0 Å². The molecule has 37 heavy (non-hydrogen) atoms. The van der Waals surface area contributed by atoms with Crippen molar-refractivity contribution in [2.45, 2.75) is 65.1 Å². The molecule has 0 radical (unpaired) electrons.